The normalized spacial score (nSPS) is 29.1. The van der Waals surface area contributed by atoms with Gasteiger partial charge >= 0.3 is 6.18 Å². The lowest BCUT2D eigenvalue weighted by molar-refractivity contribution is -0.122. The maximum absolute atomic E-state index is 13.2. The number of amides is 1. The third-order valence-corrected chi connectivity index (χ3v) is 8.51. The van der Waals surface area contributed by atoms with Gasteiger partial charge < -0.3 is 15.7 Å². The van der Waals surface area contributed by atoms with Gasteiger partial charge in [-0.1, -0.05) is 18.2 Å². The average Bonchev–Trinajstić information content (AvgIpc) is 3.40. The maximum atomic E-state index is 13.2. The van der Waals surface area contributed by atoms with Crippen LogP contribution in [0, 0.1) is 17.2 Å². The smallest absolute Gasteiger partial charge is 0.384 e. The molecule has 1 amide bonds. The Morgan fingerprint density at radius 3 is 2.73 bits per heavy atom. The van der Waals surface area contributed by atoms with Gasteiger partial charge in [-0.25, -0.2) is 0 Å². The monoisotopic (exact) mass is 532 g/mol. The van der Waals surface area contributed by atoms with Gasteiger partial charge in [-0.15, -0.1) is 11.3 Å². The molecule has 4 aliphatic rings. The quantitative estimate of drug-likeness (QED) is 0.519. The summed E-state index contributed by atoms with van der Waals surface area (Å²) in [5, 5.41) is 26.1. The van der Waals surface area contributed by atoms with E-state index >= 15 is 0 Å². The van der Waals surface area contributed by atoms with E-state index in [1.54, 1.807) is 11.7 Å². The summed E-state index contributed by atoms with van der Waals surface area (Å²) in [5.74, 6) is -0.978. The van der Waals surface area contributed by atoms with Crippen LogP contribution >= 0.6 is 11.3 Å². The predicted molar refractivity (Wildman–Crippen MR) is 131 cm³/mol. The Labute approximate surface area is 216 Å². The second kappa shape index (κ2) is 10.0. The number of dihydropyridines is 1. The van der Waals surface area contributed by atoms with Crippen molar-refractivity contribution in [1.82, 2.24) is 20.5 Å². The van der Waals surface area contributed by atoms with Crippen LogP contribution in [-0.4, -0.2) is 70.5 Å². The van der Waals surface area contributed by atoms with E-state index in [2.05, 4.69) is 25.5 Å². The highest BCUT2D eigenvalue weighted by molar-refractivity contribution is 7.09. The molecule has 8 nitrogen and oxygen atoms in total. The number of piperidine rings is 1. The minimum atomic E-state index is -4.49. The molecule has 2 aliphatic carbocycles. The van der Waals surface area contributed by atoms with E-state index in [0.717, 1.165) is 43.0 Å². The maximum Gasteiger partial charge on any atom is 0.416 e. The number of rotatable bonds is 6. The van der Waals surface area contributed by atoms with Gasteiger partial charge in [0.2, 0.25) is 5.91 Å². The Bertz CT molecular complexity index is 1190. The molecule has 5 rings (SSSR count). The van der Waals surface area contributed by atoms with E-state index in [1.807, 2.05) is 6.07 Å². The van der Waals surface area contributed by atoms with Crippen LogP contribution < -0.4 is 10.6 Å². The third kappa shape index (κ3) is 5.49. The number of nitrogens with one attached hydrogen (secondary N) is 2. The summed E-state index contributed by atoms with van der Waals surface area (Å²) in [7, 11) is 0. The molecule has 1 aromatic heterocycles. The number of carbonyl (C=O) groups excluding carboxylic acids is 1. The van der Waals surface area contributed by atoms with Crippen molar-refractivity contribution < 1.29 is 23.1 Å². The fourth-order valence-electron chi connectivity index (χ4n) is 5.34. The SMILES string of the molecule is N#CC1=NC2C=CC(C(F)(F)F)=CC2C(NCC(=O)NC2CC(N3CCC(O)(c4cncs4)CC3)C2)=C1. The number of nitrogens with zero attached hydrogens (tertiary/aromatic N) is 4. The number of likely N-dealkylation sites (tertiary alicyclic amines) is 1. The molecule has 2 fully saturated rings. The number of fused-ring (bicyclic) bond motifs is 1. The van der Waals surface area contributed by atoms with Crippen LogP contribution in [0.3, 0.4) is 0 Å². The van der Waals surface area contributed by atoms with Crippen molar-refractivity contribution in [3.63, 3.8) is 0 Å². The summed E-state index contributed by atoms with van der Waals surface area (Å²) < 4.78 is 39.6. The number of alkyl halides is 3. The molecule has 0 spiro atoms. The summed E-state index contributed by atoms with van der Waals surface area (Å²) in [5.41, 5.74) is 0.614. The predicted octanol–water partition coefficient (Wildman–Crippen LogP) is 2.57. The van der Waals surface area contributed by atoms with E-state index in [4.69, 9.17) is 0 Å². The lowest BCUT2D eigenvalue weighted by Crippen LogP contribution is -2.57. The number of allylic oxidation sites excluding steroid dienone is 3. The summed E-state index contributed by atoms with van der Waals surface area (Å²) in [6.07, 6.45) is 4.98. The number of aromatic nitrogens is 1. The van der Waals surface area contributed by atoms with Gasteiger partial charge in [0.05, 0.1) is 28.5 Å². The van der Waals surface area contributed by atoms with Crippen LogP contribution in [0.2, 0.25) is 0 Å². The topological polar surface area (TPSA) is 114 Å². The molecular weight excluding hydrogens is 505 g/mol. The van der Waals surface area contributed by atoms with Crippen molar-refractivity contribution in [2.45, 2.75) is 55.6 Å². The van der Waals surface area contributed by atoms with E-state index in [9.17, 15) is 28.3 Å². The first-order chi connectivity index (χ1) is 17.6. The van der Waals surface area contributed by atoms with Crippen molar-refractivity contribution in [2.24, 2.45) is 10.9 Å². The first kappa shape index (κ1) is 25.6. The van der Waals surface area contributed by atoms with Crippen molar-refractivity contribution >= 4 is 23.0 Å². The van der Waals surface area contributed by atoms with E-state index in [1.165, 1.54) is 23.5 Å². The number of nitriles is 1. The van der Waals surface area contributed by atoms with Gasteiger partial charge in [-0.05, 0) is 31.8 Å². The van der Waals surface area contributed by atoms with Crippen molar-refractivity contribution in [1.29, 1.82) is 5.26 Å². The number of hydrogen-bond acceptors (Lipinski definition) is 8. The van der Waals surface area contributed by atoms with Crippen LogP contribution in [0.15, 0.2) is 52.3 Å². The van der Waals surface area contributed by atoms with E-state index in [-0.39, 0.29) is 24.2 Å². The average molecular weight is 533 g/mol. The van der Waals surface area contributed by atoms with Gasteiger partial charge in [0.25, 0.3) is 0 Å². The molecule has 2 unspecified atom stereocenters. The fraction of sp³-hybridized carbons (Fsp3) is 0.520. The third-order valence-electron chi connectivity index (χ3n) is 7.55. The van der Waals surface area contributed by atoms with Crippen LogP contribution in [0.5, 0.6) is 0 Å². The van der Waals surface area contributed by atoms with Gasteiger partial charge in [0.15, 0.2) is 0 Å². The van der Waals surface area contributed by atoms with Crippen LogP contribution in [-0.2, 0) is 10.4 Å². The van der Waals surface area contributed by atoms with Crippen molar-refractivity contribution in [3.05, 3.63) is 52.2 Å². The number of halogens is 3. The molecule has 3 heterocycles. The molecule has 2 atom stereocenters. The van der Waals surface area contributed by atoms with E-state index in [0.29, 0.717) is 24.6 Å². The summed E-state index contributed by atoms with van der Waals surface area (Å²) in [6, 6.07) is 1.68. The first-order valence-corrected chi connectivity index (χ1v) is 13.1. The zero-order chi connectivity index (χ0) is 26.2. The van der Waals surface area contributed by atoms with Gasteiger partial charge in [-0.3, -0.25) is 19.7 Å². The molecule has 0 aromatic carbocycles. The zero-order valence-corrected chi connectivity index (χ0v) is 20.7. The summed E-state index contributed by atoms with van der Waals surface area (Å²) >= 11 is 1.47. The Balaban J connectivity index is 1.10. The molecule has 1 saturated heterocycles. The highest BCUT2D eigenvalue weighted by Crippen LogP contribution is 2.38. The molecule has 1 aromatic rings. The largest absolute Gasteiger partial charge is 0.416 e. The Morgan fingerprint density at radius 1 is 1.32 bits per heavy atom. The highest BCUT2D eigenvalue weighted by atomic mass is 32.1. The number of thiazole rings is 1. The second-order valence-electron chi connectivity index (χ2n) is 9.90. The van der Waals surface area contributed by atoms with Gasteiger partial charge in [0, 0.05) is 43.0 Å². The van der Waals surface area contributed by atoms with E-state index < -0.39 is 29.3 Å². The lowest BCUT2D eigenvalue weighted by atomic mass is 9.82. The zero-order valence-electron chi connectivity index (χ0n) is 19.9. The van der Waals surface area contributed by atoms with Crippen molar-refractivity contribution in [2.75, 3.05) is 19.6 Å². The Morgan fingerprint density at radius 2 is 2.08 bits per heavy atom. The van der Waals surface area contributed by atoms with Crippen molar-refractivity contribution in [3.8, 4) is 6.07 Å². The minimum absolute atomic E-state index is 0.0280. The first-order valence-electron chi connectivity index (χ1n) is 12.2. The minimum Gasteiger partial charge on any atom is -0.384 e. The standard InChI is InChI=1S/C25H27F3N6O2S/c26-25(27,28)15-1-2-20-19(7-15)21(10-17(11-29)32-20)31-13-23(35)33-16-8-18(9-16)34-5-3-24(36,4-6-34)22-12-30-14-37-22/h1-2,7,10,12,14,16,18-20,31,36H,3-6,8-9,13H2,(H,33,35). The van der Waals surface area contributed by atoms with Crippen LogP contribution in [0.25, 0.3) is 0 Å². The molecule has 0 bridgehead atoms. The number of hydrogen-bond donors (Lipinski definition) is 3. The molecular formula is C25H27F3N6O2S. The number of aliphatic imine (C=N–C) groups is 1. The Hall–Kier alpha value is -3.01. The number of carbonyl (C=O) groups is 1. The summed E-state index contributed by atoms with van der Waals surface area (Å²) in [6.45, 7) is 1.45. The lowest BCUT2D eigenvalue weighted by Gasteiger charge is -2.47. The van der Waals surface area contributed by atoms with Crippen LogP contribution in [0.1, 0.15) is 30.6 Å². The fourth-order valence-corrected chi connectivity index (χ4v) is 6.12. The van der Waals surface area contributed by atoms with Gasteiger partial charge in [-0.2, -0.15) is 18.4 Å². The summed E-state index contributed by atoms with van der Waals surface area (Å²) in [4.78, 5) is 24.1. The molecule has 1 saturated carbocycles. The molecule has 12 heteroatoms. The molecule has 0 radical (unpaired) electrons. The molecule has 37 heavy (non-hydrogen) atoms. The molecule has 3 N–H and O–H groups in total. The molecule has 2 aliphatic heterocycles. The highest BCUT2D eigenvalue weighted by Gasteiger charge is 2.41. The number of aliphatic hydroxyl groups is 1. The Kier molecular flexibility index (Phi) is 6.95. The van der Waals surface area contributed by atoms with Gasteiger partial charge in [0.1, 0.15) is 17.4 Å². The second-order valence-corrected chi connectivity index (χ2v) is 10.8. The van der Waals surface area contributed by atoms with Crippen LogP contribution in [0.4, 0.5) is 13.2 Å². The molecule has 196 valence electrons.